The maximum Gasteiger partial charge on any atom is 0.314 e. The minimum absolute atomic E-state index is 0.152. The quantitative estimate of drug-likeness (QED) is 0.905. The number of methoxy groups -OCH3 is 1. The number of benzene rings is 1. The number of rotatable bonds is 5. The zero-order valence-electron chi connectivity index (χ0n) is 11.4. The fraction of sp³-hybridized carbons (Fsp3) is 0.533. The smallest absolute Gasteiger partial charge is 0.314 e. The summed E-state index contributed by atoms with van der Waals surface area (Å²) in [6, 6.07) is 5.54. The molecule has 1 heterocycles. The first-order valence-electron chi connectivity index (χ1n) is 6.82. The molecule has 1 aliphatic heterocycles. The number of carbonyl (C=O) groups is 1. The highest BCUT2D eigenvalue weighted by atomic mass is 32.2. The number of aliphatic carboxylic acids is 1. The zero-order chi connectivity index (χ0) is 14.2. The summed E-state index contributed by atoms with van der Waals surface area (Å²) < 4.78 is 11.5. The molecule has 0 amide bonds. The van der Waals surface area contributed by atoms with Gasteiger partial charge in [0.25, 0.3) is 0 Å². The Morgan fingerprint density at radius 3 is 2.80 bits per heavy atom. The van der Waals surface area contributed by atoms with E-state index in [1.165, 1.54) is 0 Å². The molecule has 108 valence electrons. The van der Waals surface area contributed by atoms with Crippen LogP contribution < -0.4 is 9.47 Å². The van der Waals surface area contributed by atoms with Gasteiger partial charge in [-0.15, -0.1) is 0 Å². The van der Waals surface area contributed by atoms with Crippen LogP contribution in [0.3, 0.4) is 0 Å². The van der Waals surface area contributed by atoms with Crippen molar-refractivity contribution in [3.63, 3.8) is 0 Å². The maximum atomic E-state index is 11.6. The average Bonchev–Trinajstić information content (AvgIpc) is 3.11. The first-order valence-corrected chi connectivity index (χ1v) is 7.98. The van der Waals surface area contributed by atoms with Crippen LogP contribution in [0.1, 0.15) is 24.8 Å². The molecule has 20 heavy (non-hydrogen) atoms. The molecule has 0 aromatic heterocycles. The van der Waals surface area contributed by atoms with Crippen LogP contribution in [0.15, 0.2) is 18.2 Å². The van der Waals surface area contributed by atoms with Crippen molar-refractivity contribution in [1.82, 2.24) is 0 Å². The van der Waals surface area contributed by atoms with Crippen LogP contribution in [0.4, 0.5) is 0 Å². The van der Waals surface area contributed by atoms with Gasteiger partial charge in [0.15, 0.2) is 11.5 Å². The average molecular weight is 294 g/mol. The first-order chi connectivity index (χ1) is 9.67. The van der Waals surface area contributed by atoms with Gasteiger partial charge < -0.3 is 14.6 Å². The SMILES string of the molecule is COc1cccc(C2(C(=O)O)CC2)c1OC1CCSC1. The van der Waals surface area contributed by atoms with E-state index in [9.17, 15) is 9.90 Å². The number of hydrogen-bond acceptors (Lipinski definition) is 4. The summed E-state index contributed by atoms with van der Waals surface area (Å²) in [4.78, 5) is 11.6. The molecule has 1 aromatic rings. The van der Waals surface area contributed by atoms with Crippen molar-refractivity contribution >= 4 is 17.7 Å². The highest BCUT2D eigenvalue weighted by molar-refractivity contribution is 7.99. The lowest BCUT2D eigenvalue weighted by molar-refractivity contribution is -0.140. The van der Waals surface area contributed by atoms with Crippen molar-refractivity contribution in [2.75, 3.05) is 18.6 Å². The molecule has 1 saturated heterocycles. The van der Waals surface area contributed by atoms with E-state index in [4.69, 9.17) is 9.47 Å². The molecule has 0 spiro atoms. The molecule has 1 N–H and O–H groups in total. The normalized spacial score (nSPS) is 23.4. The largest absolute Gasteiger partial charge is 0.493 e. The highest BCUT2D eigenvalue weighted by Gasteiger charge is 2.54. The van der Waals surface area contributed by atoms with E-state index in [0.717, 1.165) is 23.5 Å². The van der Waals surface area contributed by atoms with Crippen molar-refractivity contribution in [2.45, 2.75) is 30.8 Å². The van der Waals surface area contributed by atoms with E-state index in [0.29, 0.717) is 24.3 Å². The van der Waals surface area contributed by atoms with Gasteiger partial charge in [-0.1, -0.05) is 12.1 Å². The lowest BCUT2D eigenvalue weighted by atomic mass is 9.94. The molecular formula is C15H18O4S. The Kier molecular flexibility index (Phi) is 3.54. The number of hydrogen-bond donors (Lipinski definition) is 1. The van der Waals surface area contributed by atoms with Crippen molar-refractivity contribution in [3.8, 4) is 11.5 Å². The minimum atomic E-state index is -0.768. The van der Waals surface area contributed by atoms with Gasteiger partial charge in [-0.05, 0) is 31.1 Å². The zero-order valence-corrected chi connectivity index (χ0v) is 12.2. The predicted molar refractivity (Wildman–Crippen MR) is 77.9 cm³/mol. The van der Waals surface area contributed by atoms with Crippen molar-refractivity contribution in [3.05, 3.63) is 23.8 Å². The molecule has 2 aliphatic rings. The van der Waals surface area contributed by atoms with Gasteiger partial charge in [-0.2, -0.15) is 11.8 Å². The molecule has 3 rings (SSSR count). The van der Waals surface area contributed by atoms with Crippen LogP contribution in [0, 0.1) is 0 Å². The van der Waals surface area contributed by atoms with Crippen LogP contribution in [0.5, 0.6) is 11.5 Å². The number of ether oxygens (including phenoxy) is 2. The molecule has 4 nitrogen and oxygen atoms in total. The molecule has 1 aliphatic carbocycles. The second-order valence-electron chi connectivity index (χ2n) is 5.33. The van der Waals surface area contributed by atoms with E-state index in [-0.39, 0.29) is 6.10 Å². The number of thioether (sulfide) groups is 1. The van der Waals surface area contributed by atoms with E-state index in [1.807, 2.05) is 30.0 Å². The topological polar surface area (TPSA) is 55.8 Å². The third kappa shape index (κ3) is 2.24. The molecule has 0 radical (unpaired) electrons. The summed E-state index contributed by atoms with van der Waals surface area (Å²) in [5.41, 5.74) is -0.00319. The summed E-state index contributed by atoms with van der Waals surface area (Å²) in [6.45, 7) is 0. The number of carboxylic acid groups (broad SMARTS) is 1. The van der Waals surface area contributed by atoms with Gasteiger partial charge in [0.1, 0.15) is 6.10 Å². The van der Waals surface area contributed by atoms with Crippen molar-refractivity contribution in [2.24, 2.45) is 0 Å². The summed E-state index contributed by atoms with van der Waals surface area (Å²) in [6.07, 6.45) is 2.50. The minimum Gasteiger partial charge on any atom is -0.493 e. The fourth-order valence-electron chi connectivity index (χ4n) is 2.67. The van der Waals surface area contributed by atoms with Crippen LogP contribution >= 0.6 is 11.8 Å². The van der Waals surface area contributed by atoms with Gasteiger partial charge in [0, 0.05) is 11.3 Å². The third-order valence-electron chi connectivity index (χ3n) is 4.05. The lowest BCUT2D eigenvalue weighted by Crippen LogP contribution is -2.23. The summed E-state index contributed by atoms with van der Waals surface area (Å²) in [5.74, 6) is 2.54. The molecule has 2 fully saturated rings. The van der Waals surface area contributed by atoms with Gasteiger partial charge in [0.2, 0.25) is 0 Å². The Morgan fingerprint density at radius 1 is 1.45 bits per heavy atom. The molecule has 5 heteroatoms. The fourth-order valence-corrected chi connectivity index (χ4v) is 3.76. The lowest BCUT2D eigenvalue weighted by Gasteiger charge is -2.21. The Balaban J connectivity index is 1.98. The van der Waals surface area contributed by atoms with E-state index in [1.54, 1.807) is 7.11 Å². The molecule has 1 atom stereocenters. The van der Waals surface area contributed by atoms with Gasteiger partial charge in [0.05, 0.1) is 12.5 Å². The molecule has 0 bridgehead atoms. The van der Waals surface area contributed by atoms with Crippen LogP contribution in [0.25, 0.3) is 0 Å². The molecule has 1 unspecified atom stereocenters. The molecular weight excluding hydrogens is 276 g/mol. The van der Waals surface area contributed by atoms with Crippen LogP contribution in [0.2, 0.25) is 0 Å². The van der Waals surface area contributed by atoms with E-state index >= 15 is 0 Å². The van der Waals surface area contributed by atoms with Crippen molar-refractivity contribution in [1.29, 1.82) is 0 Å². The van der Waals surface area contributed by atoms with Gasteiger partial charge in [-0.3, -0.25) is 4.79 Å². The second-order valence-corrected chi connectivity index (χ2v) is 6.48. The summed E-state index contributed by atoms with van der Waals surface area (Å²) in [7, 11) is 1.59. The summed E-state index contributed by atoms with van der Waals surface area (Å²) >= 11 is 1.87. The summed E-state index contributed by atoms with van der Waals surface area (Å²) in [5, 5.41) is 9.51. The maximum absolute atomic E-state index is 11.6. The van der Waals surface area contributed by atoms with Crippen molar-refractivity contribution < 1.29 is 19.4 Å². The number of carboxylic acids is 1. The highest BCUT2D eigenvalue weighted by Crippen LogP contribution is 2.53. The van der Waals surface area contributed by atoms with E-state index in [2.05, 4.69) is 0 Å². The van der Waals surface area contributed by atoms with E-state index < -0.39 is 11.4 Å². The predicted octanol–water partition coefficient (Wildman–Crippen LogP) is 2.70. The monoisotopic (exact) mass is 294 g/mol. The second kappa shape index (κ2) is 5.20. The molecule has 1 saturated carbocycles. The number of para-hydroxylation sites is 1. The first kappa shape index (κ1) is 13.6. The van der Waals surface area contributed by atoms with Gasteiger partial charge >= 0.3 is 5.97 Å². The standard InChI is InChI=1S/C15H18O4S/c1-18-12-4-2-3-11(15(6-7-15)14(16)17)13(12)19-10-5-8-20-9-10/h2-4,10H,5-9H2,1H3,(H,16,17). The third-order valence-corrected chi connectivity index (χ3v) is 5.18. The Labute approximate surface area is 122 Å². The Hall–Kier alpha value is -1.36. The van der Waals surface area contributed by atoms with Crippen LogP contribution in [-0.4, -0.2) is 35.8 Å². The molecule has 1 aromatic carbocycles. The van der Waals surface area contributed by atoms with Crippen LogP contribution in [-0.2, 0) is 10.2 Å². The van der Waals surface area contributed by atoms with Gasteiger partial charge in [-0.25, -0.2) is 0 Å². The Bertz CT molecular complexity index is 519. The Morgan fingerprint density at radius 2 is 2.25 bits per heavy atom.